The number of nitrogens with one attached hydrogen (secondary N) is 1. The number of anilines is 1. The second-order valence-corrected chi connectivity index (χ2v) is 10.1. The zero-order chi connectivity index (χ0) is 23.3. The highest BCUT2D eigenvalue weighted by atomic mass is 35.5. The summed E-state index contributed by atoms with van der Waals surface area (Å²) in [5.74, 6) is -0.429. The minimum absolute atomic E-state index is 0.0318. The number of sulfonamides is 1. The van der Waals surface area contributed by atoms with Crippen LogP contribution in [0, 0.1) is 6.92 Å². The second-order valence-electron chi connectivity index (χ2n) is 7.39. The maximum atomic E-state index is 13.4. The van der Waals surface area contributed by atoms with Crippen LogP contribution < -0.4 is 5.32 Å². The standard InChI is InChI=1S/C24H24Cl2N2O3S/c1-3-19-6-4-5-7-23(19)27-24(29)16-28(15-18-10-13-21(25)22(26)14-18)32(30,31)20-11-8-17(2)9-12-20/h4-14H,3,15-16H2,1-2H3,(H,27,29). The summed E-state index contributed by atoms with van der Waals surface area (Å²) in [6.07, 6.45) is 0.741. The van der Waals surface area contributed by atoms with Gasteiger partial charge < -0.3 is 5.32 Å². The van der Waals surface area contributed by atoms with Crippen LogP contribution in [0.25, 0.3) is 0 Å². The number of para-hydroxylation sites is 1. The minimum atomic E-state index is -3.95. The van der Waals surface area contributed by atoms with Crippen LogP contribution in [-0.4, -0.2) is 25.2 Å². The van der Waals surface area contributed by atoms with Crippen molar-refractivity contribution in [1.82, 2.24) is 4.31 Å². The molecule has 0 bridgehead atoms. The number of carbonyl (C=O) groups is 1. The topological polar surface area (TPSA) is 66.5 Å². The molecule has 0 saturated heterocycles. The Bertz CT molecular complexity index is 1210. The molecule has 0 aliphatic heterocycles. The molecule has 0 aliphatic carbocycles. The van der Waals surface area contributed by atoms with Crippen molar-refractivity contribution >= 4 is 44.8 Å². The van der Waals surface area contributed by atoms with Gasteiger partial charge in [0, 0.05) is 12.2 Å². The van der Waals surface area contributed by atoms with Crippen LogP contribution in [0.2, 0.25) is 10.0 Å². The summed E-state index contributed by atoms with van der Waals surface area (Å²) in [4.78, 5) is 13.0. The van der Waals surface area contributed by atoms with Crippen molar-refractivity contribution < 1.29 is 13.2 Å². The molecule has 0 radical (unpaired) electrons. The van der Waals surface area contributed by atoms with Crippen LogP contribution >= 0.6 is 23.2 Å². The monoisotopic (exact) mass is 490 g/mol. The third kappa shape index (κ3) is 5.90. The van der Waals surface area contributed by atoms with E-state index in [9.17, 15) is 13.2 Å². The Morgan fingerprint density at radius 1 is 0.969 bits per heavy atom. The average molecular weight is 491 g/mol. The number of nitrogens with zero attached hydrogens (tertiary/aromatic N) is 1. The molecule has 8 heteroatoms. The minimum Gasteiger partial charge on any atom is -0.325 e. The van der Waals surface area contributed by atoms with E-state index < -0.39 is 15.9 Å². The summed E-state index contributed by atoms with van der Waals surface area (Å²) >= 11 is 12.1. The zero-order valence-corrected chi connectivity index (χ0v) is 20.1. The number of aryl methyl sites for hydroxylation is 2. The molecule has 3 rings (SSSR count). The molecule has 32 heavy (non-hydrogen) atoms. The Morgan fingerprint density at radius 3 is 2.31 bits per heavy atom. The molecule has 3 aromatic carbocycles. The molecule has 0 heterocycles. The van der Waals surface area contributed by atoms with Crippen LogP contribution in [0.4, 0.5) is 5.69 Å². The Balaban J connectivity index is 1.91. The summed E-state index contributed by atoms with van der Waals surface area (Å²) in [6.45, 7) is 3.48. The number of hydrogen-bond acceptors (Lipinski definition) is 3. The lowest BCUT2D eigenvalue weighted by Crippen LogP contribution is -2.37. The van der Waals surface area contributed by atoms with Gasteiger partial charge in [0.2, 0.25) is 15.9 Å². The first kappa shape index (κ1) is 24.3. The smallest absolute Gasteiger partial charge is 0.243 e. The van der Waals surface area contributed by atoms with Crippen molar-refractivity contribution in [2.45, 2.75) is 31.7 Å². The van der Waals surface area contributed by atoms with E-state index in [0.717, 1.165) is 21.9 Å². The number of rotatable bonds is 8. The van der Waals surface area contributed by atoms with E-state index in [-0.39, 0.29) is 18.0 Å². The van der Waals surface area contributed by atoms with Crippen LogP contribution in [0.3, 0.4) is 0 Å². The molecule has 0 saturated carbocycles. The number of carbonyl (C=O) groups excluding carboxylic acids is 1. The average Bonchev–Trinajstić information content (AvgIpc) is 2.76. The Hall–Kier alpha value is -2.38. The van der Waals surface area contributed by atoms with E-state index in [2.05, 4.69) is 5.32 Å². The number of hydrogen-bond donors (Lipinski definition) is 1. The number of amides is 1. The van der Waals surface area contributed by atoms with Gasteiger partial charge in [0.1, 0.15) is 0 Å². The van der Waals surface area contributed by atoms with Gasteiger partial charge in [-0.05, 0) is 54.8 Å². The summed E-state index contributed by atoms with van der Waals surface area (Å²) in [5.41, 5.74) is 3.20. The first-order valence-corrected chi connectivity index (χ1v) is 12.3. The second kappa shape index (κ2) is 10.5. The van der Waals surface area contributed by atoms with Crippen LogP contribution in [-0.2, 0) is 27.8 Å². The summed E-state index contributed by atoms with van der Waals surface area (Å²) in [5, 5.41) is 3.53. The molecule has 0 atom stereocenters. The highest BCUT2D eigenvalue weighted by Gasteiger charge is 2.27. The molecule has 0 fully saturated rings. The first-order chi connectivity index (χ1) is 15.2. The molecule has 168 valence electrons. The van der Waals surface area contributed by atoms with Gasteiger partial charge in [0.25, 0.3) is 0 Å². The van der Waals surface area contributed by atoms with Gasteiger partial charge in [0.05, 0.1) is 21.5 Å². The Kier molecular flexibility index (Phi) is 7.96. The van der Waals surface area contributed by atoms with E-state index in [1.807, 2.05) is 32.0 Å². The normalized spacial score (nSPS) is 11.5. The third-order valence-corrected chi connectivity index (χ3v) is 7.54. The van der Waals surface area contributed by atoms with E-state index in [1.165, 1.54) is 12.1 Å². The van der Waals surface area contributed by atoms with E-state index >= 15 is 0 Å². The highest BCUT2D eigenvalue weighted by molar-refractivity contribution is 7.89. The predicted octanol–water partition coefficient (Wildman–Crippen LogP) is 5.69. The molecule has 0 spiro atoms. The van der Waals surface area contributed by atoms with Gasteiger partial charge >= 0.3 is 0 Å². The van der Waals surface area contributed by atoms with Gasteiger partial charge in [-0.2, -0.15) is 4.31 Å². The summed E-state index contributed by atoms with van der Waals surface area (Å²) < 4.78 is 27.9. The van der Waals surface area contributed by atoms with Crippen molar-refractivity contribution in [3.63, 3.8) is 0 Å². The van der Waals surface area contributed by atoms with Gasteiger partial charge in [-0.3, -0.25) is 4.79 Å². The molecule has 0 aromatic heterocycles. The predicted molar refractivity (Wildman–Crippen MR) is 130 cm³/mol. The van der Waals surface area contributed by atoms with Crippen LogP contribution in [0.15, 0.2) is 71.6 Å². The molecule has 3 aromatic rings. The van der Waals surface area contributed by atoms with Crippen molar-refractivity contribution in [3.05, 3.63) is 93.5 Å². The molecule has 1 N–H and O–H groups in total. The van der Waals surface area contributed by atoms with E-state index in [4.69, 9.17) is 23.2 Å². The van der Waals surface area contributed by atoms with Crippen molar-refractivity contribution in [3.8, 4) is 0 Å². The molecule has 1 amide bonds. The van der Waals surface area contributed by atoms with Gasteiger partial charge in [-0.15, -0.1) is 0 Å². The summed E-state index contributed by atoms with van der Waals surface area (Å²) in [6, 6.07) is 18.9. The lowest BCUT2D eigenvalue weighted by molar-refractivity contribution is -0.116. The van der Waals surface area contributed by atoms with E-state index in [1.54, 1.807) is 36.4 Å². The molecule has 5 nitrogen and oxygen atoms in total. The zero-order valence-electron chi connectivity index (χ0n) is 17.8. The van der Waals surface area contributed by atoms with E-state index in [0.29, 0.717) is 21.3 Å². The Labute approximate surface area is 199 Å². The van der Waals surface area contributed by atoms with Crippen molar-refractivity contribution in [1.29, 1.82) is 0 Å². The fraction of sp³-hybridized carbons (Fsp3) is 0.208. The SMILES string of the molecule is CCc1ccccc1NC(=O)CN(Cc1ccc(Cl)c(Cl)c1)S(=O)(=O)c1ccc(C)cc1. The first-order valence-electron chi connectivity index (χ1n) is 10.1. The fourth-order valence-corrected chi connectivity index (χ4v) is 4.93. The maximum Gasteiger partial charge on any atom is 0.243 e. The quantitative estimate of drug-likeness (QED) is 0.440. The largest absolute Gasteiger partial charge is 0.325 e. The third-order valence-electron chi connectivity index (χ3n) is 4.99. The lowest BCUT2D eigenvalue weighted by atomic mass is 10.1. The van der Waals surface area contributed by atoms with Gasteiger partial charge in [0.15, 0.2) is 0 Å². The van der Waals surface area contributed by atoms with Crippen LogP contribution in [0.5, 0.6) is 0 Å². The number of benzene rings is 3. The van der Waals surface area contributed by atoms with Crippen LogP contribution in [0.1, 0.15) is 23.6 Å². The van der Waals surface area contributed by atoms with Gasteiger partial charge in [-0.1, -0.05) is 72.1 Å². The summed E-state index contributed by atoms with van der Waals surface area (Å²) in [7, 11) is -3.95. The Morgan fingerprint density at radius 2 is 1.66 bits per heavy atom. The number of halogens is 2. The van der Waals surface area contributed by atoms with Gasteiger partial charge in [-0.25, -0.2) is 8.42 Å². The van der Waals surface area contributed by atoms with Crippen molar-refractivity contribution in [2.75, 3.05) is 11.9 Å². The fourth-order valence-electron chi connectivity index (χ4n) is 3.23. The highest BCUT2D eigenvalue weighted by Crippen LogP contribution is 2.25. The molecular weight excluding hydrogens is 467 g/mol. The maximum absolute atomic E-state index is 13.4. The molecule has 0 aliphatic rings. The molecule has 0 unspecified atom stereocenters. The van der Waals surface area contributed by atoms with Crippen molar-refractivity contribution in [2.24, 2.45) is 0 Å². The molecular formula is C24H24Cl2N2O3S. The lowest BCUT2D eigenvalue weighted by Gasteiger charge is -2.22.